The summed E-state index contributed by atoms with van der Waals surface area (Å²) in [6.45, 7) is 4.08. The highest BCUT2D eigenvalue weighted by Crippen LogP contribution is 2.22. The smallest absolute Gasteiger partial charge is 0.243 e. The van der Waals surface area contributed by atoms with Gasteiger partial charge in [0, 0.05) is 12.6 Å². The van der Waals surface area contributed by atoms with E-state index in [4.69, 9.17) is 5.26 Å². The fraction of sp³-hybridized carbons (Fsp3) is 0.533. The zero-order valence-corrected chi connectivity index (χ0v) is 13.1. The number of hydrogen-bond donors (Lipinski definition) is 1. The molecule has 1 aliphatic heterocycles. The first-order valence-electron chi connectivity index (χ1n) is 7.28. The average molecular weight is 307 g/mol. The molecule has 5 nitrogen and oxygen atoms in total. The Morgan fingerprint density at radius 1 is 1.29 bits per heavy atom. The third-order valence-electron chi connectivity index (χ3n) is 3.84. The van der Waals surface area contributed by atoms with Gasteiger partial charge >= 0.3 is 0 Å². The third kappa shape index (κ3) is 3.62. The molecule has 1 fully saturated rings. The monoisotopic (exact) mass is 307 g/mol. The van der Waals surface area contributed by atoms with Gasteiger partial charge in [-0.25, -0.2) is 8.42 Å². The van der Waals surface area contributed by atoms with Crippen molar-refractivity contribution in [2.45, 2.75) is 37.1 Å². The van der Waals surface area contributed by atoms with Gasteiger partial charge in [0.1, 0.15) is 0 Å². The minimum Gasteiger partial charge on any atom is -0.317 e. The quantitative estimate of drug-likeness (QED) is 0.895. The Bertz CT molecular complexity index is 599. The lowest BCUT2D eigenvalue weighted by Crippen LogP contribution is -2.45. The van der Waals surface area contributed by atoms with E-state index >= 15 is 0 Å². The van der Waals surface area contributed by atoms with Gasteiger partial charge in [-0.2, -0.15) is 9.57 Å². The molecule has 0 spiro atoms. The highest BCUT2D eigenvalue weighted by atomic mass is 32.2. The van der Waals surface area contributed by atoms with Crippen LogP contribution in [0.2, 0.25) is 0 Å². The summed E-state index contributed by atoms with van der Waals surface area (Å²) in [5, 5.41) is 11.9. The van der Waals surface area contributed by atoms with Crippen molar-refractivity contribution in [3.63, 3.8) is 0 Å². The van der Waals surface area contributed by atoms with Crippen LogP contribution in [-0.4, -0.2) is 38.4 Å². The van der Waals surface area contributed by atoms with Crippen LogP contribution in [0.4, 0.5) is 0 Å². The van der Waals surface area contributed by atoms with E-state index in [0.717, 1.165) is 31.5 Å². The number of rotatable bonds is 5. The van der Waals surface area contributed by atoms with Crippen molar-refractivity contribution in [2.24, 2.45) is 0 Å². The van der Waals surface area contributed by atoms with Crippen LogP contribution < -0.4 is 5.32 Å². The summed E-state index contributed by atoms with van der Waals surface area (Å²) >= 11 is 0. The van der Waals surface area contributed by atoms with Gasteiger partial charge in [-0.05, 0) is 43.6 Å². The minimum absolute atomic E-state index is 0.0695. The van der Waals surface area contributed by atoms with Crippen molar-refractivity contribution < 1.29 is 8.42 Å². The standard InChI is InChI=1S/C15H21N3O2S/c1-2-18(14-8-11-17-12-9-14)21(19,20)15-5-3-13(4-6-15)7-10-16/h3-6,14,17H,2,7-9,11-12H2,1H3. The molecule has 0 aromatic heterocycles. The lowest BCUT2D eigenvalue weighted by atomic mass is 10.1. The first kappa shape index (κ1) is 16.0. The molecule has 6 heteroatoms. The third-order valence-corrected chi connectivity index (χ3v) is 5.88. The Balaban J connectivity index is 2.24. The highest BCUT2D eigenvalue weighted by Gasteiger charge is 2.30. The molecule has 0 atom stereocenters. The predicted octanol–water partition coefficient (Wildman–Crippen LogP) is 1.52. The Morgan fingerprint density at radius 2 is 1.90 bits per heavy atom. The first-order valence-corrected chi connectivity index (χ1v) is 8.72. The van der Waals surface area contributed by atoms with Gasteiger partial charge < -0.3 is 5.32 Å². The maximum Gasteiger partial charge on any atom is 0.243 e. The fourth-order valence-electron chi connectivity index (χ4n) is 2.73. The maximum atomic E-state index is 12.8. The zero-order chi connectivity index (χ0) is 15.3. The van der Waals surface area contributed by atoms with Crippen molar-refractivity contribution in [3.05, 3.63) is 29.8 Å². The van der Waals surface area contributed by atoms with Crippen LogP contribution in [0.5, 0.6) is 0 Å². The zero-order valence-electron chi connectivity index (χ0n) is 12.2. The van der Waals surface area contributed by atoms with E-state index in [-0.39, 0.29) is 6.04 Å². The molecule has 1 N–H and O–H groups in total. The summed E-state index contributed by atoms with van der Waals surface area (Å²) in [4.78, 5) is 0.310. The molecular formula is C15H21N3O2S. The Labute approximate surface area is 126 Å². The maximum absolute atomic E-state index is 12.8. The molecule has 2 rings (SSSR count). The average Bonchev–Trinajstić information content (AvgIpc) is 2.50. The van der Waals surface area contributed by atoms with Gasteiger partial charge in [0.25, 0.3) is 0 Å². The number of nitrogens with zero attached hydrogens (tertiary/aromatic N) is 2. The number of hydrogen-bond acceptors (Lipinski definition) is 4. The van der Waals surface area contributed by atoms with Gasteiger partial charge in [0.2, 0.25) is 10.0 Å². The van der Waals surface area contributed by atoms with Gasteiger partial charge in [-0.3, -0.25) is 0 Å². The van der Waals surface area contributed by atoms with E-state index in [1.807, 2.05) is 6.92 Å². The summed E-state index contributed by atoms with van der Waals surface area (Å²) in [5.74, 6) is 0. The number of sulfonamides is 1. The van der Waals surface area contributed by atoms with E-state index in [9.17, 15) is 8.42 Å². The van der Waals surface area contributed by atoms with E-state index in [1.165, 1.54) is 0 Å². The molecule has 0 aliphatic carbocycles. The molecule has 21 heavy (non-hydrogen) atoms. The molecule has 1 aromatic rings. The molecule has 114 valence electrons. The molecular weight excluding hydrogens is 286 g/mol. The SMILES string of the molecule is CCN(C1CCNCC1)S(=O)(=O)c1ccc(CC#N)cc1. The summed E-state index contributed by atoms with van der Waals surface area (Å²) < 4.78 is 27.1. The second kappa shape index (κ2) is 7.03. The van der Waals surface area contributed by atoms with Crippen LogP contribution in [0.3, 0.4) is 0 Å². The van der Waals surface area contributed by atoms with Crippen LogP contribution in [0.15, 0.2) is 29.2 Å². The molecule has 0 unspecified atom stereocenters. The normalized spacial score (nSPS) is 16.8. The second-order valence-electron chi connectivity index (χ2n) is 5.17. The molecule has 1 saturated heterocycles. The number of benzene rings is 1. The Hall–Kier alpha value is -1.42. The van der Waals surface area contributed by atoms with Crippen LogP contribution >= 0.6 is 0 Å². The van der Waals surface area contributed by atoms with Crippen molar-refractivity contribution in [3.8, 4) is 6.07 Å². The van der Waals surface area contributed by atoms with E-state index in [1.54, 1.807) is 28.6 Å². The topological polar surface area (TPSA) is 73.2 Å². The number of nitrogens with one attached hydrogen (secondary N) is 1. The van der Waals surface area contributed by atoms with E-state index in [0.29, 0.717) is 17.9 Å². The van der Waals surface area contributed by atoms with Crippen LogP contribution in [0.1, 0.15) is 25.3 Å². The fourth-order valence-corrected chi connectivity index (χ4v) is 4.42. The van der Waals surface area contributed by atoms with Crippen molar-refractivity contribution in [1.82, 2.24) is 9.62 Å². The van der Waals surface area contributed by atoms with Crippen molar-refractivity contribution >= 4 is 10.0 Å². The van der Waals surface area contributed by atoms with Gasteiger partial charge in [0.15, 0.2) is 0 Å². The van der Waals surface area contributed by atoms with Gasteiger partial charge in [0.05, 0.1) is 17.4 Å². The number of piperidine rings is 1. The van der Waals surface area contributed by atoms with Crippen molar-refractivity contribution in [2.75, 3.05) is 19.6 Å². The summed E-state index contributed by atoms with van der Waals surface area (Å²) in [6.07, 6.45) is 1.99. The van der Waals surface area contributed by atoms with Crippen LogP contribution in [-0.2, 0) is 16.4 Å². The summed E-state index contributed by atoms with van der Waals surface area (Å²) in [7, 11) is -3.46. The second-order valence-corrected chi connectivity index (χ2v) is 7.06. The molecule has 0 radical (unpaired) electrons. The summed E-state index contributed by atoms with van der Waals surface area (Å²) in [6, 6.07) is 8.77. The van der Waals surface area contributed by atoms with Gasteiger partial charge in [-0.1, -0.05) is 19.1 Å². The minimum atomic E-state index is -3.46. The predicted molar refractivity (Wildman–Crippen MR) is 81.2 cm³/mol. The van der Waals surface area contributed by atoms with E-state index in [2.05, 4.69) is 11.4 Å². The lowest BCUT2D eigenvalue weighted by Gasteiger charge is -2.33. The Kier molecular flexibility index (Phi) is 5.34. The molecule has 0 amide bonds. The first-order chi connectivity index (χ1) is 10.1. The molecule has 0 bridgehead atoms. The van der Waals surface area contributed by atoms with Crippen LogP contribution in [0.25, 0.3) is 0 Å². The van der Waals surface area contributed by atoms with Crippen molar-refractivity contribution in [1.29, 1.82) is 5.26 Å². The highest BCUT2D eigenvalue weighted by molar-refractivity contribution is 7.89. The molecule has 1 aromatic carbocycles. The van der Waals surface area contributed by atoms with Gasteiger partial charge in [-0.15, -0.1) is 0 Å². The molecule has 1 aliphatic rings. The Morgan fingerprint density at radius 3 is 2.43 bits per heavy atom. The molecule has 0 saturated carbocycles. The van der Waals surface area contributed by atoms with Crippen LogP contribution in [0, 0.1) is 11.3 Å². The largest absolute Gasteiger partial charge is 0.317 e. The molecule has 1 heterocycles. The lowest BCUT2D eigenvalue weighted by molar-refractivity contribution is 0.271. The van der Waals surface area contributed by atoms with E-state index < -0.39 is 10.0 Å². The number of nitriles is 1. The summed E-state index contributed by atoms with van der Waals surface area (Å²) in [5.41, 5.74) is 0.835.